The van der Waals surface area contributed by atoms with Crippen molar-refractivity contribution in [3.05, 3.63) is 95.8 Å². The first kappa shape index (κ1) is 16.8. The second-order valence-electron chi connectivity index (χ2n) is 6.11. The Morgan fingerprint density at radius 2 is 2.15 bits per heavy atom. The lowest BCUT2D eigenvalue weighted by Crippen LogP contribution is -2.26. The van der Waals surface area contributed by atoms with Crippen LogP contribution in [0.3, 0.4) is 0 Å². The molecule has 4 rings (SSSR count). The number of fused-ring (bicyclic) bond motifs is 1. The van der Waals surface area contributed by atoms with Crippen LogP contribution in [0.2, 0.25) is 0 Å². The zero-order valence-electron chi connectivity index (χ0n) is 14.4. The highest BCUT2D eigenvalue weighted by Crippen LogP contribution is 2.10. The Hall–Kier alpha value is -3.61. The largest absolute Gasteiger partial charge is 0.343 e. The van der Waals surface area contributed by atoms with Crippen molar-refractivity contribution in [3.8, 4) is 0 Å². The quantitative estimate of drug-likeness (QED) is 0.529. The summed E-state index contributed by atoms with van der Waals surface area (Å²) >= 11 is 0. The van der Waals surface area contributed by atoms with Crippen molar-refractivity contribution in [2.24, 2.45) is 0 Å². The molecule has 7 heteroatoms. The normalized spacial score (nSPS) is 10.9. The number of halogens is 1. The number of carbonyl (C=O) groups is 1. The molecule has 0 fully saturated rings. The molecule has 0 aliphatic rings. The smallest absolute Gasteiger partial charge is 0.295 e. The molecule has 1 amide bonds. The van der Waals surface area contributed by atoms with Crippen LogP contribution in [0.15, 0.2) is 67.3 Å². The minimum Gasteiger partial charge on any atom is -0.343 e. The van der Waals surface area contributed by atoms with Crippen LogP contribution in [0.4, 0.5) is 4.39 Å². The van der Waals surface area contributed by atoms with Gasteiger partial charge in [0, 0.05) is 17.8 Å². The molecule has 0 atom stereocenters. The summed E-state index contributed by atoms with van der Waals surface area (Å²) in [4.78, 5) is 22.9. The van der Waals surface area contributed by atoms with Gasteiger partial charge in [-0.25, -0.2) is 14.4 Å². The number of nitrogens with one attached hydrogen (secondary N) is 3. The number of aromatic amines is 2. The molecular weight excluding hydrogens is 345 g/mol. The van der Waals surface area contributed by atoms with Crippen molar-refractivity contribution >= 4 is 11.4 Å². The molecule has 0 saturated heterocycles. The van der Waals surface area contributed by atoms with E-state index in [1.165, 1.54) is 18.3 Å². The van der Waals surface area contributed by atoms with E-state index < -0.39 is 5.82 Å². The van der Waals surface area contributed by atoms with Gasteiger partial charge in [0.15, 0.2) is 17.9 Å². The number of H-pyrrole nitrogens is 2. The lowest BCUT2D eigenvalue weighted by molar-refractivity contribution is -0.520. The van der Waals surface area contributed by atoms with Crippen molar-refractivity contribution in [1.82, 2.24) is 15.3 Å². The SMILES string of the molecule is O=C(NCc1ncccc1F)c1[nH]c(Cc2ccc[nH+]c2)[n+]2ccccc12. The highest BCUT2D eigenvalue weighted by Gasteiger charge is 2.24. The second-order valence-corrected chi connectivity index (χ2v) is 6.11. The molecule has 0 bridgehead atoms. The molecule has 0 unspecified atom stereocenters. The third-order valence-electron chi connectivity index (χ3n) is 4.30. The van der Waals surface area contributed by atoms with Gasteiger partial charge < -0.3 is 5.32 Å². The summed E-state index contributed by atoms with van der Waals surface area (Å²) in [6.45, 7) is 0.0203. The fourth-order valence-electron chi connectivity index (χ4n) is 2.99. The Labute approximate surface area is 154 Å². The van der Waals surface area contributed by atoms with Gasteiger partial charge in [0.25, 0.3) is 11.7 Å². The van der Waals surface area contributed by atoms with Gasteiger partial charge in [-0.3, -0.25) is 9.78 Å². The Morgan fingerprint density at radius 3 is 2.96 bits per heavy atom. The Kier molecular flexibility index (Phi) is 4.57. The zero-order chi connectivity index (χ0) is 18.6. The van der Waals surface area contributed by atoms with Crippen LogP contribution in [0.5, 0.6) is 0 Å². The molecule has 0 aromatic carbocycles. The number of carbonyl (C=O) groups excluding carboxylic acids is 1. The molecule has 0 saturated carbocycles. The zero-order valence-corrected chi connectivity index (χ0v) is 14.4. The molecule has 0 aliphatic carbocycles. The minimum absolute atomic E-state index is 0.0203. The van der Waals surface area contributed by atoms with E-state index in [4.69, 9.17) is 0 Å². The fourth-order valence-corrected chi connectivity index (χ4v) is 2.99. The lowest BCUT2D eigenvalue weighted by atomic mass is 10.2. The molecule has 4 aromatic heterocycles. The molecule has 0 aliphatic heterocycles. The number of aromatic nitrogens is 4. The monoisotopic (exact) mass is 363 g/mol. The molecule has 6 nitrogen and oxygen atoms in total. The van der Waals surface area contributed by atoms with E-state index in [9.17, 15) is 9.18 Å². The van der Waals surface area contributed by atoms with E-state index in [-0.39, 0.29) is 18.1 Å². The molecule has 3 N–H and O–H groups in total. The topological polar surface area (TPSA) is 76.0 Å². The van der Waals surface area contributed by atoms with Gasteiger partial charge in [0.05, 0.1) is 24.9 Å². The van der Waals surface area contributed by atoms with Crippen LogP contribution < -0.4 is 14.7 Å². The van der Waals surface area contributed by atoms with E-state index in [1.54, 1.807) is 0 Å². The van der Waals surface area contributed by atoms with Crippen molar-refractivity contribution in [2.75, 3.05) is 0 Å². The molecule has 4 heterocycles. The van der Waals surface area contributed by atoms with Crippen molar-refractivity contribution in [3.63, 3.8) is 0 Å². The summed E-state index contributed by atoms with van der Waals surface area (Å²) in [7, 11) is 0. The Bertz CT molecular complexity index is 1090. The first-order valence-corrected chi connectivity index (χ1v) is 8.56. The number of pyridine rings is 3. The molecule has 4 aromatic rings. The van der Waals surface area contributed by atoms with E-state index in [0.717, 1.165) is 16.9 Å². The van der Waals surface area contributed by atoms with Gasteiger partial charge in [-0.05, 0) is 30.3 Å². The third-order valence-corrected chi connectivity index (χ3v) is 4.30. The molecule has 0 radical (unpaired) electrons. The highest BCUT2D eigenvalue weighted by atomic mass is 19.1. The molecule has 27 heavy (non-hydrogen) atoms. The van der Waals surface area contributed by atoms with Crippen LogP contribution >= 0.6 is 0 Å². The first-order chi connectivity index (χ1) is 13.2. The lowest BCUT2D eigenvalue weighted by Gasteiger charge is -2.02. The number of hydrogen-bond acceptors (Lipinski definition) is 2. The number of imidazole rings is 1. The van der Waals surface area contributed by atoms with Crippen LogP contribution in [0, 0.1) is 5.82 Å². The summed E-state index contributed by atoms with van der Waals surface area (Å²) < 4.78 is 15.7. The van der Waals surface area contributed by atoms with Gasteiger partial charge in [-0.2, -0.15) is 4.40 Å². The predicted molar refractivity (Wildman–Crippen MR) is 95.1 cm³/mol. The Morgan fingerprint density at radius 1 is 1.22 bits per heavy atom. The van der Waals surface area contributed by atoms with Gasteiger partial charge in [-0.15, -0.1) is 0 Å². The summed E-state index contributed by atoms with van der Waals surface area (Å²) in [5.74, 6) is 0.124. The van der Waals surface area contributed by atoms with Crippen molar-refractivity contribution in [1.29, 1.82) is 0 Å². The second kappa shape index (κ2) is 7.33. The predicted octanol–water partition coefficient (Wildman–Crippen LogP) is 1.62. The summed E-state index contributed by atoms with van der Waals surface area (Å²) in [6, 6.07) is 12.4. The van der Waals surface area contributed by atoms with Gasteiger partial charge >= 0.3 is 0 Å². The van der Waals surface area contributed by atoms with Crippen LogP contribution in [-0.2, 0) is 13.0 Å². The molecular formula is C20H18FN5O+2. The fraction of sp³-hybridized carbons (Fsp3) is 0.100. The van der Waals surface area contributed by atoms with E-state index in [2.05, 4.69) is 20.3 Å². The Balaban J connectivity index is 1.61. The van der Waals surface area contributed by atoms with Crippen LogP contribution in [0.25, 0.3) is 5.52 Å². The van der Waals surface area contributed by atoms with Gasteiger partial charge in [-0.1, -0.05) is 6.07 Å². The van der Waals surface area contributed by atoms with Gasteiger partial charge in [0.1, 0.15) is 5.82 Å². The third kappa shape index (κ3) is 3.52. The summed E-state index contributed by atoms with van der Waals surface area (Å²) in [5.41, 5.74) is 2.47. The van der Waals surface area contributed by atoms with Gasteiger partial charge in [0.2, 0.25) is 5.69 Å². The average Bonchev–Trinajstić information content (AvgIpc) is 3.07. The molecule has 0 spiro atoms. The maximum Gasteiger partial charge on any atom is 0.295 e. The number of rotatable bonds is 5. The number of amides is 1. The van der Waals surface area contributed by atoms with E-state index in [1.807, 2.05) is 53.3 Å². The van der Waals surface area contributed by atoms with Crippen molar-refractivity contribution < 1.29 is 18.6 Å². The number of nitrogens with zero attached hydrogens (tertiary/aromatic N) is 2. The highest BCUT2D eigenvalue weighted by molar-refractivity contribution is 5.97. The van der Waals surface area contributed by atoms with E-state index in [0.29, 0.717) is 12.1 Å². The number of hydrogen-bond donors (Lipinski definition) is 2. The average molecular weight is 363 g/mol. The maximum atomic E-state index is 13.7. The first-order valence-electron chi connectivity index (χ1n) is 8.56. The van der Waals surface area contributed by atoms with Crippen molar-refractivity contribution in [2.45, 2.75) is 13.0 Å². The van der Waals surface area contributed by atoms with Crippen LogP contribution in [0.1, 0.15) is 27.6 Å². The minimum atomic E-state index is -0.440. The molecule has 134 valence electrons. The maximum absolute atomic E-state index is 13.7. The van der Waals surface area contributed by atoms with Crippen LogP contribution in [-0.4, -0.2) is 15.9 Å². The van der Waals surface area contributed by atoms with E-state index >= 15 is 0 Å². The summed E-state index contributed by atoms with van der Waals surface area (Å²) in [6.07, 6.45) is 7.80. The summed E-state index contributed by atoms with van der Waals surface area (Å²) in [5, 5.41) is 2.73. The standard InChI is InChI=1S/C20H16FN5O/c21-15-6-4-9-23-16(15)13-24-20(27)19-17-7-1-2-10-26(17)18(25-19)11-14-5-3-8-22-12-14/h1-10,12H,11,13H2,(H,24,27)/p+2.